The van der Waals surface area contributed by atoms with E-state index in [0.29, 0.717) is 15.2 Å². The molecular weight excluding hydrogens is 624 g/mol. The molecule has 7 amide bonds. The normalized spacial score (nSPS) is 16.9. The summed E-state index contributed by atoms with van der Waals surface area (Å²) in [5, 5.41) is 41.1. The zero-order chi connectivity index (χ0) is 35.7. The molecule has 20 heteroatoms. The van der Waals surface area contributed by atoms with E-state index in [-0.39, 0.29) is 83.5 Å². The maximum absolute atomic E-state index is 13.2. The highest BCUT2D eigenvalue weighted by Crippen LogP contribution is 2.11. The maximum atomic E-state index is 13.2. The largest absolute Gasteiger partial charge is 0.370 e. The molecule has 4 unspecified atom stereocenters. The van der Waals surface area contributed by atoms with Crippen molar-refractivity contribution in [3.8, 4) is 0 Å². The standard InChI is InChI=1S/C27H48N10O10/c1-16(38)31-19(9-5-13-35(45)17(2)39)23(41)34-22(8-4-12-30-27(28)29)26(44)37(47)15-7-11-21-25(43)32-20(24(42)33-21)10-6-14-36(46)18(3)40/h19-22,45-47H,4-15H2,1-3H3,(H,31,38)(H,32,43)(H,33,42)(H,34,41)(H4,28,29,30). The molecule has 0 aliphatic carbocycles. The Morgan fingerprint density at radius 2 is 1.21 bits per heavy atom. The van der Waals surface area contributed by atoms with Gasteiger partial charge in [0, 0.05) is 47.0 Å². The van der Waals surface area contributed by atoms with E-state index in [1.807, 2.05) is 0 Å². The number of piperazine rings is 1. The molecule has 266 valence electrons. The number of nitrogens with zero attached hydrogens (tertiary/aromatic N) is 4. The topological polar surface area (TPSA) is 302 Å². The molecule has 0 aromatic heterocycles. The van der Waals surface area contributed by atoms with Gasteiger partial charge in [0.2, 0.25) is 35.4 Å². The van der Waals surface area contributed by atoms with Crippen LogP contribution in [0, 0.1) is 0 Å². The molecule has 1 aliphatic heterocycles. The van der Waals surface area contributed by atoms with Crippen LogP contribution in [0.3, 0.4) is 0 Å². The first-order valence-corrected chi connectivity index (χ1v) is 15.2. The number of nitrogens with one attached hydrogen (secondary N) is 4. The van der Waals surface area contributed by atoms with Crippen molar-refractivity contribution >= 4 is 47.3 Å². The quantitative estimate of drug-likeness (QED) is 0.0206. The number of aliphatic imine (C=N–C) groups is 1. The van der Waals surface area contributed by atoms with Gasteiger partial charge in [0.15, 0.2) is 5.96 Å². The fourth-order valence-corrected chi connectivity index (χ4v) is 4.57. The smallest absolute Gasteiger partial charge is 0.268 e. The van der Waals surface area contributed by atoms with E-state index >= 15 is 0 Å². The van der Waals surface area contributed by atoms with Crippen molar-refractivity contribution in [3.05, 3.63) is 0 Å². The van der Waals surface area contributed by atoms with E-state index in [4.69, 9.17) is 11.5 Å². The van der Waals surface area contributed by atoms with Crippen LogP contribution < -0.4 is 32.7 Å². The lowest BCUT2D eigenvalue weighted by molar-refractivity contribution is -0.169. The van der Waals surface area contributed by atoms with Crippen LogP contribution in [-0.2, 0) is 33.6 Å². The molecule has 11 N–H and O–H groups in total. The molecule has 1 saturated heterocycles. The third kappa shape index (κ3) is 15.5. The summed E-state index contributed by atoms with van der Waals surface area (Å²) in [7, 11) is 0. The lowest BCUT2D eigenvalue weighted by Gasteiger charge is -2.30. The Morgan fingerprint density at radius 1 is 0.745 bits per heavy atom. The minimum absolute atomic E-state index is 0.00287. The summed E-state index contributed by atoms with van der Waals surface area (Å²) in [6.45, 7) is 3.28. The molecule has 47 heavy (non-hydrogen) atoms. The summed E-state index contributed by atoms with van der Waals surface area (Å²) in [5.41, 5.74) is 10.7. The van der Waals surface area contributed by atoms with Crippen LogP contribution in [0.5, 0.6) is 0 Å². The van der Waals surface area contributed by atoms with Gasteiger partial charge in [0.1, 0.15) is 24.2 Å². The Labute approximate surface area is 272 Å². The van der Waals surface area contributed by atoms with E-state index in [1.54, 1.807) is 0 Å². The molecule has 1 aliphatic rings. The number of hydrogen-bond donors (Lipinski definition) is 9. The first kappa shape index (κ1) is 40.5. The van der Waals surface area contributed by atoms with Crippen LogP contribution in [0.1, 0.15) is 72.1 Å². The highest BCUT2D eigenvalue weighted by atomic mass is 16.5. The van der Waals surface area contributed by atoms with Gasteiger partial charge in [0.25, 0.3) is 5.91 Å². The molecule has 4 atom stereocenters. The first-order chi connectivity index (χ1) is 22.0. The van der Waals surface area contributed by atoms with Crippen molar-refractivity contribution in [3.63, 3.8) is 0 Å². The highest BCUT2D eigenvalue weighted by Gasteiger charge is 2.34. The lowest BCUT2D eigenvalue weighted by Crippen LogP contribution is -2.61. The van der Waals surface area contributed by atoms with E-state index in [0.717, 1.165) is 6.92 Å². The molecule has 0 radical (unpaired) electrons. The van der Waals surface area contributed by atoms with Gasteiger partial charge in [-0.15, -0.1) is 0 Å². The SMILES string of the molecule is CC(=O)NC(CCCN(O)C(C)=O)C(=O)NC(CCCN=C(N)N)C(=O)N(O)CCCC1NC(=O)C(CCCN(O)C(C)=O)NC1=O. The van der Waals surface area contributed by atoms with Crippen molar-refractivity contribution in [1.82, 2.24) is 36.5 Å². The number of amides is 7. The Balaban J connectivity index is 2.79. The molecule has 0 saturated carbocycles. The molecule has 0 aromatic rings. The van der Waals surface area contributed by atoms with Crippen LogP contribution >= 0.6 is 0 Å². The Hall–Kier alpha value is -4.56. The fraction of sp³-hybridized carbons (Fsp3) is 0.704. The summed E-state index contributed by atoms with van der Waals surface area (Å²) in [6.07, 6.45) is 0.980. The Kier molecular flexibility index (Phi) is 17.7. The van der Waals surface area contributed by atoms with Gasteiger partial charge in [-0.2, -0.15) is 0 Å². The zero-order valence-corrected chi connectivity index (χ0v) is 26.9. The minimum atomic E-state index is -1.26. The van der Waals surface area contributed by atoms with Gasteiger partial charge >= 0.3 is 0 Å². The van der Waals surface area contributed by atoms with E-state index in [1.165, 1.54) is 13.8 Å². The minimum Gasteiger partial charge on any atom is -0.370 e. The molecule has 1 heterocycles. The number of hydroxylamine groups is 6. The molecule has 1 rings (SSSR count). The highest BCUT2D eigenvalue weighted by molar-refractivity contribution is 5.97. The van der Waals surface area contributed by atoms with Gasteiger partial charge in [-0.3, -0.25) is 54.2 Å². The predicted molar refractivity (Wildman–Crippen MR) is 163 cm³/mol. The lowest BCUT2D eigenvalue weighted by atomic mass is 10.0. The van der Waals surface area contributed by atoms with E-state index in [2.05, 4.69) is 26.3 Å². The van der Waals surface area contributed by atoms with Crippen molar-refractivity contribution in [1.29, 1.82) is 0 Å². The number of carbonyl (C=O) groups is 7. The fourth-order valence-electron chi connectivity index (χ4n) is 4.57. The summed E-state index contributed by atoms with van der Waals surface area (Å²) >= 11 is 0. The average molecular weight is 673 g/mol. The van der Waals surface area contributed by atoms with Crippen LogP contribution in [0.15, 0.2) is 4.99 Å². The van der Waals surface area contributed by atoms with Gasteiger partial charge < -0.3 is 32.7 Å². The van der Waals surface area contributed by atoms with Crippen LogP contribution in [0.25, 0.3) is 0 Å². The zero-order valence-electron chi connectivity index (χ0n) is 26.9. The van der Waals surface area contributed by atoms with Crippen LogP contribution in [0.2, 0.25) is 0 Å². The van der Waals surface area contributed by atoms with Crippen molar-refractivity contribution in [2.45, 2.75) is 96.3 Å². The predicted octanol–water partition coefficient (Wildman–Crippen LogP) is -2.95. The van der Waals surface area contributed by atoms with Crippen LogP contribution in [0.4, 0.5) is 0 Å². The molecule has 0 bridgehead atoms. The van der Waals surface area contributed by atoms with Crippen LogP contribution in [-0.4, -0.2) is 128 Å². The number of hydrogen-bond acceptors (Lipinski definition) is 11. The average Bonchev–Trinajstić information content (AvgIpc) is 2.99. The van der Waals surface area contributed by atoms with Crippen molar-refractivity contribution < 1.29 is 49.2 Å². The van der Waals surface area contributed by atoms with E-state index < -0.39 is 65.5 Å². The molecule has 0 spiro atoms. The van der Waals surface area contributed by atoms with E-state index in [9.17, 15) is 49.2 Å². The monoisotopic (exact) mass is 672 g/mol. The van der Waals surface area contributed by atoms with Gasteiger partial charge in [0.05, 0.1) is 0 Å². The third-order valence-corrected chi connectivity index (χ3v) is 7.09. The maximum Gasteiger partial charge on any atom is 0.268 e. The molecule has 1 fully saturated rings. The number of carbonyl (C=O) groups excluding carboxylic acids is 7. The Morgan fingerprint density at radius 3 is 1.68 bits per heavy atom. The van der Waals surface area contributed by atoms with Crippen molar-refractivity contribution in [2.24, 2.45) is 16.5 Å². The second-order valence-electron chi connectivity index (χ2n) is 11.1. The molecule has 0 aromatic carbocycles. The first-order valence-electron chi connectivity index (χ1n) is 15.2. The Bertz CT molecular complexity index is 1150. The number of nitrogens with two attached hydrogens (primary N) is 2. The molecular formula is C27H48N10O10. The summed E-state index contributed by atoms with van der Waals surface area (Å²) in [6, 6.07) is -4.17. The second-order valence-corrected chi connectivity index (χ2v) is 11.1. The second kappa shape index (κ2) is 20.5. The summed E-state index contributed by atoms with van der Waals surface area (Å²) < 4.78 is 0. The summed E-state index contributed by atoms with van der Waals surface area (Å²) in [4.78, 5) is 89.2. The summed E-state index contributed by atoms with van der Waals surface area (Å²) in [5.74, 6) is -4.42. The van der Waals surface area contributed by atoms with Crippen molar-refractivity contribution in [2.75, 3.05) is 26.2 Å². The van der Waals surface area contributed by atoms with Gasteiger partial charge in [-0.25, -0.2) is 15.2 Å². The number of guanidine groups is 1. The van der Waals surface area contributed by atoms with Gasteiger partial charge in [-0.05, 0) is 51.4 Å². The molecule has 20 nitrogen and oxygen atoms in total. The van der Waals surface area contributed by atoms with Gasteiger partial charge in [-0.1, -0.05) is 0 Å². The number of rotatable bonds is 20. The third-order valence-electron chi connectivity index (χ3n) is 7.09.